The van der Waals surface area contributed by atoms with Gasteiger partial charge < -0.3 is 5.11 Å². The van der Waals surface area contributed by atoms with Crippen molar-refractivity contribution in [2.24, 2.45) is 0 Å². The van der Waals surface area contributed by atoms with Crippen LogP contribution in [0.2, 0.25) is 5.02 Å². The summed E-state index contributed by atoms with van der Waals surface area (Å²) in [5, 5.41) is 10.9. The second kappa shape index (κ2) is 5.04. The van der Waals surface area contributed by atoms with E-state index in [2.05, 4.69) is 15.9 Å². The van der Waals surface area contributed by atoms with E-state index >= 15 is 0 Å². The molecule has 0 saturated carbocycles. The van der Waals surface area contributed by atoms with Crippen LogP contribution in [0.5, 0.6) is 0 Å². The number of benzene rings is 2. The van der Waals surface area contributed by atoms with Gasteiger partial charge in [0, 0.05) is 4.47 Å². The lowest BCUT2D eigenvalue weighted by atomic mass is 9.90. The van der Waals surface area contributed by atoms with Crippen LogP contribution in [-0.4, -0.2) is 5.11 Å². The van der Waals surface area contributed by atoms with Crippen LogP contribution in [0.25, 0.3) is 11.1 Å². The first kappa shape index (κ1) is 13.6. The lowest BCUT2D eigenvalue weighted by Crippen LogP contribution is -2.16. The SMILES string of the molecule is CC(C)(O)c1ccccc1-c1ccc(Cl)c(Br)c1. The van der Waals surface area contributed by atoms with Gasteiger partial charge in [-0.2, -0.15) is 0 Å². The monoisotopic (exact) mass is 324 g/mol. The Morgan fingerprint density at radius 1 is 1.11 bits per heavy atom. The third-order valence-electron chi connectivity index (χ3n) is 2.82. The summed E-state index contributed by atoms with van der Waals surface area (Å²) in [6.07, 6.45) is 0. The fourth-order valence-electron chi connectivity index (χ4n) is 1.93. The number of hydrogen-bond acceptors (Lipinski definition) is 1. The van der Waals surface area contributed by atoms with E-state index in [1.54, 1.807) is 13.8 Å². The van der Waals surface area contributed by atoms with Gasteiger partial charge in [0.05, 0.1) is 10.6 Å². The van der Waals surface area contributed by atoms with Gasteiger partial charge in [0.25, 0.3) is 0 Å². The second-order valence-corrected chi connectivity index (χ2v) is 6.00. The third-order valence-corrected chi connectivity index (χ3v) is 4.03. The first-order valence-electron chi connectivity index (χ1n) is 5.67. The molecule has 0 heterocycles. The lowest BCUT2D eigenvalue weighted by Gasteiger charge is -2.22. The van der Waals surface area contributed by atoms with Crippen molar-refractivity contribution in [1.82, 2.24) is 0 Å². The van der Waals surface area contributed by atoms with Crippen molar-refractivity contribution >= 4 is 27.5 Å². The van der Waals surface area contributed by atoms with E-state index < -0.39 is 5.60 Å². The maximum absolute atomic E-state index is 10.2. The van der Waals surface area contributed by atoms with Gasteiger partial charge in [-0.3, -0.25) is 0 Å². The van der Waals surface area contributed by atoms with Crippen molar-refractivity contribution < 1.29 is 5.11 Å². The lowest BCUT2D eigenvalue weighted by molar-refractivity contribution is 0.0792. The summed E-state index contributed by atoms with van der Waals surface area (Å²) in [6.45, 7) is 3.58. The number of rotatable bonds is 2. The molecule has 0 aromatic heterocycles. The van der Waals surface area contributed by atoms with Crippen LogP contribution in [0.15, 0.2) is 46.9 Å². The van der Waals surface area contributed by atoms with Gasteiger partial charge in [-0.05, 0) is 58.6 Å². The molecule has 0 bridgehead atoms. The van der Waals surface area contributed by atoms with Gasteiger partial charge in [-0.25, -0.2) is 0 Å². The van der Waals surface area contributed by atoms with Crippen molar-refractivity contribution in [3.63, 3.8) is 0 Å². The molecule has 0 atom stereocenters. The molecular weight excluding hydrogens is 312 g/mol. The van der Waals surface area contributed by atoms with Crippen LogP contribution < -0.4 is 0 Å². The Kier molecular flexibility index (Phi) is 3.81. The van der Waals surface area contributed by atoms with Crippen LogP contribution in [0.3, 0.4) is 0 Å². The van der Waals surface area contributed by atoms with Gasteiger partial charge in [0.2, 0.25) is 0 Å². The first-order chi connectivity index (χ1) is 8.39. The average molecular weight is 326 g/mol. The zero-order chi connectivity index (χ0) is 13.3. The molecule has 0 aliphatic carbocycles. The van der Waals surface area contributed by atoms with Crippen molar-refractivity contribution in [2.75, 3.05) is 0 Å². The van der Waals surface area contributed by atoms with Gasteiger partial charge >= 0.3 is 0 Å². The van der Waals surface area contributed by atoms with Crippen molar-refractivity contribution in [2.45, 2.75) is 19.4 Å². The summed E-state index contributed by atoms with van der Waals surface area (Å²) in [7, 11) is 0. The highest BCUT2D eigenvalue weighted by molar-refractivity contribution is 9.10. The van der Waals surface area contributed by atoms with Gasteiger partial charge in [0.15, 0.2) is 0 Å². The Labute approximate surface area is 121 Å². The minimum atomic E-state index is -0.872. The fraction of sp³-hybridized carbons (Fsp3) is 0.200. The van der Waals surface area contributed by atoms with E-state index in [1.165, 1.54) is 0 Å². The van der Waals surface area contributed by atoms with E-state index in [0.29, 0.717) is 5.02 Å². The molecule has 0 aliphatic rings. The third kappa shape index (κ3) is 2.77. The first-order valence-corrected chi connectivity index (χ1v) is 6.84. The summed E-state index contributed by atoms with van der Waals surface area (Å²) in [5.74, 6) is 0. The number of hydrogen-bond donors (Lipinski definition) is 1. The molecule has 0 amide bonds. The Balaban J connectivity index is 2.61. The Morgan fingerprint density at radius 3 is 2.39 bits per heavy atom. The predicted octanol–water partition coefficient (Wildman–Crippen LogP) is 5.00. The molecule has 2 aromatic rings. The molecular formula is C15H14BrClO. The maximum atomic E-state index is 10.2. The summed E-state index contributed by atoms with van der Waals surface area (Å²) < 4.78 is 0.854. The number of halogens is 2. The summed E-state index contributed by atoms with van der Waals surface area (Å²) in [5.41, 5.74) is 2.08. The number of aliphatic hydroxyl groups is 1. The molecule has 3 heteroatoms. The van der Waals surface area contributed by atoms with Crippen molar-refractivity contribution in [1.29, 1.82) is 0 Å². The normalized spacial score (nSPS) is 11.6. The molecule has 0 aliphatic heterocycles. The highest BCUT2D eigenvalue weighted by Gasteiger charge is 2.20. The molecule has 0 unspecified atom stereocenters. The fourth-order valence-corrected chi connectivity index (χ4v) is 2.43. The smallest absolute Gasteiger partial charge is 0.0846 e. The topological polar surface area (TPSA) is 20.2 Å². The molecule has 1 nitrogen and oxygen atoms in total. The minimum absolute atomic E-state index is 0.680. The zero-order valence-electron chi connectivity index (χ0n) is 10.2. The Morgan fingerprint density at radius 2 is 1.78 bits per heavy atom. The molecule has 2 aromatic carbocycles. The maximum Gasteiger partial charge on any atom is 0.0846 e. The van der Waals surface area contributed by atoms with Crippen LogP contribution in [0.4, 0.5) is 0 Å². The van der Waals surface area contributed by atoms with Crippen LogP contribution in [-0.2, 0) is 5.60 Å². The summed E-state index contributed by atoms with van der Waals surface area (Å²) in [4.78, 5) is 0. The van der Waals surface area contributed by atoms with E-state index in [-0.39, 0.29) is 0 Å². The minimum Gasteiger partial charge on any atom is -0.386 e. The molecule has 1 N–H and O–H groups in total. The highest BCUT2D eigenvalue weighted by Crippen LogP contribution is 2.34. The highest BCUT2D eigenvalue weighted by atomic mass is 79.9. The van der Waals surface area contributed by atoms with Gasteiger partial charge in [0.1, 0.15) is 0 Å². The van der Waals surface area contributed by atoms with Crippen LogP contribution in [0, 0.1) is 0 Å². The molecule has 0 saturated heterocycles. The van der Waals surface area contributed by atoms with Gasteiger partial charge in [-0.15, -0.1) is 0 Å². The molecule has 0 spiro atoms. The van der Waals surface area contributed by atoms with E-state index in [1.807, 2.05) is 42.5 Å². The molecule has 0 radical (unpaired) electrons. The average Bonchev–Trinajstić information content (AvgIpc) is 2.32. The molecule has 0 fully saturated rings. The standard InChI is InChI=1S/C15H14BrClO/c1-15(2,18)12-6-4-3-5-11(12)10-7-8-14(17)13(16)9-10/h3-9,18H,1-2H3. The van der Waals surface area contributed by atoms with E-state index in [4.69, 9.17) is 11.6 Å². The van der Waals surface area contributed by atoms with Crippen LogP contribution >= 0.6 is 27.5 Å². The predicted molar refractivity (Wildman–Crippen MR) is 79.8 cm³/mol. The second-order valence-electron chi connectivity index (χ2n) is 4.73. The quantitative estimate of drug-likeness (QED) is 0.824. The van der Waals surface area contributed by atoms with Crippen molar-refractivity contribution in [3.8, 4) is 11.1 Å². The van der Waals surface area contributed by atoms with E-state index in [0.717, 1.165) is 21.2 Å². The largest absolute Gasteiger partial charge is 0.386 e. The molecule has 2 rings (SSSR count). The van der Waals surface area contributed by atoms with Gasteiger partial charge in [-0.1, -0.05) is 41.9 Å². The van der Waals surface area contributed by atoms with E-state index in [9.17, 15) is 5.11 Å². The van der Waals surface area contributed by atoms with Crippen LogP contribution in [0.1, 0.15) is 19.4 Å². The summed E-state index contributed by atoms with van der Waals surface area (Å²) in [6, 6.07) is 13.6. The van der Waals surface area contributed by atoms with Crippen molar-refractivity contribution in [3.05, 3.63) is 57.5 Å². The molecule has 94 valence electrons. The summed E-state index contributed by atoms with van der Waals surface area (Å²) >= 11 is 9.43. The zero-order valence-corrected chi connectivity index (χ0v) is 12.6. The molecule has 18 heavy (non-hydrogen) atoms. The Hall–Kier alpha value is -0.830. The Bertz CT molecular complexity index is 573.